The van der Waals surface area contributed by atoms with Crippen LogP contribution in [0.2, 0.25) is 0 Å². The molecule has 100 valence electrons. The summed E-state index contributed by atoms with van der Waals surface area (Å²) in [7, 11) is 1.82. The van der Waals surface area contributed by atoms with Gasteiger partial charge in [-0.15, -0.1) is 0 Å². The lowest BCUT2D eigenvalue weighted by Crippen LogP contribution is -2.56. The van der Waals surface area contributed by atoms with Crippen molar-refractivity contribution in [2.75, 3.05) is 20.1 Å². The van der Waals surface area contributed by atoms with E-state index in [0.717, 1.165) is 25.8 Å². The molecule has 0 unspecified atom stereocenters. The highest BCUT2D eigenvalue weighted by Gasteiger charge is 2.41. The highest BCUT2D eigenvalue weighted by molar-refractivity contribution is 5.78. The molecule has 2 aliphatic heterocycles. The molecule has 1 saturated carbocycles. The summed E-state index contributed by atoms with van der Waals surface area (Å²) in [6, 6.07) is 0.706. The lowest BCUT2D eigenvalue weighted by molar-refractivity contribution is 0.147. The number of likely N-dealkylation sites (tertiary alicyclic amines) is 1. The van der Waals surface area contributed by atoms with Crippen molar-refractivity contribution in [1.29, 1.82) is 0 Å². The topological polar surface area (TPSA) is 64.7 Å². The Kier molecular flexibility index (Phi) is 2.80. The number of likely N-dealkylation sites (N-methyl/N-ethyl adjacent to an activating group) is 1. The molecule has 2 N–H and O–H groups in total. The highest BCUT2D eigenvalue weighted by atomic mass is 16.2. The van der Waals surface area contributed by atoms with Gasteiger partial charge in [0.05, 0.1) is 12.1 Å². The predicted octanol–water partition coefficient (Wildman–Crippen LogP) is 0.346. The average Bonchev–Trinajstić information content (AvgIpc) is 2.59. The fourth-order valence-electron chi connectivity index (χ4n) is 2.96. The van der Waals surface area contributed by atoms with Crippen molar-refractivity contribution in [2.45, 2.75) is 43.8 Å². The molecule has 0 aromatic carbocycles. The van der Waals surface area contributed by atoms with Gasteiger partial charge in [-0.1, -0.05) is 0 Å². The molecule has 6 nitrogen and oxygen atoms in total. The number of carbonyl (C=O) groups is 2. The molecule has 3 rings (SSSR count). The van der Waals surface area contributed by atoms with Crippen LogP contribution in [0.15, 0.2) is 0 Å². The molecule has 1 aliphatic carbocycles. The Morgan fingerprint density at radius 1 is 1.39 bits per heavy atom. The van der Waals surface area contributed by atoms with Gasteiger partial charge >= 0.3 is 12.1 Å². The molecule has 2 heterocycles. The second-order valence-corrected chi connectivity index (χ2v) is 5.55. The number of rotatable bonds is 1. The van der Waals surface area contributed by atoms with Gasteiger partial charge in [-0.25, -0.2) is 9.59 Å². The van der Waals surface area contributed by atoms with E-state index in [4.69, 9.17) is 0 Å². The van der Waals surface area contributed by atoms with Gasteiger partial charge in [0, 0.05) is 26.2 Å². The molecule has 6 heteroatoms. The number of carbonyl (C=O) groups excluding carboxylic acids is 2. The number of hydrogen-bond donors (Lipinski definition) is 2. The minimum absolute atomic E-state index is 0.0220. The van der Waals surface area contributed by atoms with E-state index >= 15 is 0 Å². The van der Waals surface area contributed by atoms with Crippen LogP contribution in [0, 0.1) is 0 Å². The lowest BCUT2D eigenvalue weighted by atomic mass is 9.93. The lowest BCUT2D eigenvalue weighted by Gasteiger charge is -2.37. The Balaban J connectivity index is 1.57. The molecular weight excluding hydrogens is 232 g/mol. The van der Waals surface area contributed by atoms with E-state index in [1.54, 1.807) is 4.90 Å². The van der Waals surface area contributed by atoms with E-state index in [0.29, 0.717) is 12.6 Å². The molecular formula is C12H20N4O2. The van der Waals surface area contributed by atoms with E-state index < -0.39 is 0 Å². The molecule has 0 aromatic heterocycles. The smallest absolute Gasteiger partial charge is 0.317 e. The van der Waals surface area contributed by atoms with Gasteiger partial charge < -0.3 is 20.4 Å². The summed E-state index contributed by atoms with van der Waals surface area (Å²) in [5.74, 6) is 0. The minimum Gasteiger partial charge on any atom is -0.335 e. The first kappa shape index (κ1) is 11.6. The first-order chi connectivity index (χ1) is 8.65. The maximum Gasteiger partial charge on any atom is 0.317 e. The zero-order valence-electron chi connectivity index (χ0n) is 10.7. The SMILES string of the molecule is CN1C(=O)N[C@@H]2CN(C(=O)NC3CCC3)CC[C@@H]21. The number of hydrogen-bond acceptors (Lipinski definition) is 2. The van der Waals surface area contributed by atoms with Gasteiger partial charge in [0.15, 0.2) is 0 Å². The Morgan fingerprint density at radius 3 is 2.83 bits per heavy atom. The number of nitrogens with zero attached hydrogens (tertiary/aromatic N) is 2. The van der Waals surface area contributed by atoms with E-state index in [1.807, 2.05) is 11.9 Å². The summed E-state index contributed by atoms with van der Waals surface area (Å²) in [4.78, 5) is 27.2. The van der Waals surface area contributed by atoms with Crippen LogP contribution in [0.25, 0.3) is 0 Å². The maximum atomic E-state index is 12.0. The second kappa shape index (κ2) is 4.33. The molecule has 0 spiro atoms. The van der Waals surface area contributed by atoms with Crippen molar-refractivity contribution >= 4 is 12.1 Å². The van der Waals surface area contributed by atoms with Crippen LogP contribution in [0.3, 0.4) is 0 Å². The van der Waals surface area contributed by atoms with Crippen LogP contribution >= 0.6 is 0 Å². The molecule has 2 atom stereocenters. The molecule has 18 heavy (non-hydrogen) atoms. The van der Waals surface area contributed by atoms with Crippen LogP contribution in [-0.4, -0.2) is 60.1 Å². The third-order valence-corrected chi connectivity index (χ3v) is 4.42. The highest BCUT2D eigenvalue weighted by Crippen LogP contribution is 2.22. The van der Waals surface area contributed by atoms with Gasteiger partial charge in [-0.2, -0.15) is 0 Å². The van der Waals surface area contributed by atoms with Crippen molar-refractivity contribution in [2.24, 2.45) is 0 Å². The van der Waals surface area contributed by atoms with Crippen molar-refractivity contribution < 1.29 is 9.59 Å². The van der Waals surface area contributed by atoms with E-state index in [1.165, 1.54) is 6.42 Å². The molecule has 3 fully saturated rings. The molecule has 3 aliphatic rings. The van der Waals surface area contributed by atoms with Gasteiger partial charge in [0.2, 0.25) is 0 Å². The number of amides is 4. The van der Waals surface area contributed by atoms with Crippen LogP contribution in [-0.2, 0) is 0 Å². The summed E-state index contributed by atoms with van der Waals surface area (Å²) in [5.41, 5.74) is 0. The molecule has 0 radical (unpaired) electrons. The predicted molar refractivity (Wildman–Crippen MR) is 66.2 cm³/mol. The largest absolute Gasteiger partial charge is 0.335 e. The molecule has 4 amide bonds. The first-order valence-corrected chi connectivity index (χ1v) is 6.74. The zero-order valence-corrected chi connectivity index (χ0v) is 10.7. The third-order valence-electron chi connectivity index (χ3n) is 4.42. The summed E-state index contributed by atoms with van der Waals surface area (Å²) in [6.45, 7) is 1.36. The van der Waals surface area contributed by atoms with Crippen LogP contribution < -0.4 is 10.6 Å². The van der Waals surface area contributed by atoms with Gasteiger partial charge in [0.25, 0.3) is 0 Å². The molecule has 0 bridgehead atoms. The fraction of sp³-hybridized carbons (Fsp3) is 0.833. The minimum atomic E-state index is -0.0220. The number of urea groups is 2. The summed E-state index contributed by atoms with van der Waals surface area (Å²) < 4.78 is 0. The van der Waals surface area contributed by atoms with Crippen molar-refractivity contribution in [3.05, 3.63) is 0 Å². The summed E-state index contributed by atoms with van der Waals surface area (Å²) in [5, 5.41) is 5.99. The Morgan fingerprint density at radius 2 is 2.17 bits per heavy atom. The maximum absolute atomic E-state index is 12.0. The van der Waals surface area contributed by atoms with Crippen LogP contribution in [0.5, 0.6) is 0 Å². The van der Waals surface area contributed by atoms with Crippen molar-refractivity contribution in [3.63, 3.8) is 0 Å². The first-order valence-electron chi connectivity index (χ1n) is 6.74. The number of piperidine rings is 1. The average molecular weight is 252 g/mol. The van der Waals surface area contributed by atoms with Crippen LogP contribution in [0.1, 0.15) is 25.7 Å². The Hall–Kier alpha value is -1.46. The monoisotopic (exact) mass is 252 g/mol. The van der Waals surface area contributed by atoms with E-state index in [9.17, 15) is 9.59 Å². The van der Waals surface area contributed by atoms with Crippen LogP contribution in [0.4, 0.5) is 9.59 Å². The Bertz CT molecular complexity index is 369. The quantitative estimate of drug-likeness (QED) is 0.707. The van der Waals surface area contributed by atoms with E-state index in [2.05, 4.69) is 10.6 Å². The third kappa shape index (κ3) is 1.89. The van der Waals surface area contributed by atoms with Crippen molar-refractivity contribution in [1.82, 2.24) is 20.4 Å². The second-order valence-electron chi connectivity index (χ2n) is 5.55. The van der Waals surface area contributed by atoms with Crippen molar-refractivity contribution in [3.8, 4) is 0 Å². The molecule has 2 saturated heterocycles. The zero-order chi connectivity index (χ0) is 12.7. The standard InChI is InChI=1S/C12H20N4O2/c1-15-10-5-6-16(7-9(10)14-11(15)17)12(18)13-8-3-2-4-8/h8-10H,2-7H2,1H3,(H,13,18)(H,14,17)/t9-,10+/m1/s1. The Labute approximate surface area is 107 Å². The fourth-order valence-corrected chi connectivity index (χ4v) is 2.96. The number of fused-ring (bicyclic) bond motifs is 1. The van der Waals surface area contributed by atoms with Gasteiger partial charge in [0.1, 0.15) is 0 Å². The van der Waals surface area contributed by atoms with Gasteiger partial charge in [-0.3, -0.25) is 0 Å². The molecule has 0 aromatic rings. The summed E-state index contributed by atoms with van der Waals surface area (Å²) >= 11 is 0. The summed E-state index contributed by atoms with van der Waals surface area (Å²) in [6.07, 6.45) is 4.28. The normalized spacial score (nSPS) is 31.7. The van der Waals surface area contributed by atoms with Gasteiger partial charge in [-0.05, 0) is 25.7 Å². The number of nitrogens with one attached hydrogen (secondary N) is 2. The van der Waals surface area contributed by atoms with E-state index in [-0.39, 0.29) is 24.1 Å².